The SMILES string of the molecule is COCC[C@]12CC[C@@](C)(O)C[C@H]1CC[C@H]1[C@@H]3CC[C@H](C(=O)Cn4nc5ccc(F)c(F)c5n4)[C@@]3(C)CC[C@@H]12. The number of aliphatic hydroxyl groups is 1. The molecule has 8 atom stereocenters. The number of carbonyl (C=O) groups excluding carboxylic acids is 1. The van der Waals surface area contributed by atoms with Crippen LogP contribution in [0, 0.1) is 52.1 Å². The van der Waals surface area contributed by atoms with Gasteiger partial charge in [-0.3, -0.25) is 4.79 Å². The van der Waals surface area contributed by atoms with Gasteiger partial charge >= 0.3 is 0 Å². The molecule has 0 saturated heterocycles. The van der Waals surface area contributed by atoms with E-state index in [1.54, 1.807) is 7.11 Å². The van der Waals surface area contributed by atoms with Crippen molar-refractivity contribution < 1.29 is 23.4 Å². The molecule has 8 heteroatoms. The molecule has 1 aromatic heterocycles. The molecular formula is C30H41F2N3O3. The Kier molecular flexibility index (Phi) is 6.45. The third-order valence-corrected chi connectivity index (χ3v) is 11.6. The largest absolute Gasteiger partial charge is 0.390 e. The number of ketones is 1. The Bertz CT molecular complexity index is 1230. The number of fused-ring (bicyclic) bond motifs is 6. The molecule has 0 unspecified atom stereocenters. The fourth-order valence-electron chi connectivity index (χ4n) is 9.84. The Hall–Kier alpha value is -1.93. The van der Waals surface area contributed by atoms with Crippen LogP contribution in [0.15, 0.2) is 12.1 Å². The summed E-state index contributed by atoms with van der Waals surface area (Å²) in [5.74, 6) is 0.328. The van der Waals surface area contributed by atoms with E-state index in [0.29, 0.717) is 23.7 Å². The lowest BCUT2D eigenvalue weighted by atomic mass is 9.42. The van der Waals surface area contributed by atoms with Crippen molar-refractivity contribution in [1.29, 1.82) is 0 Å². The number of ether oxygens (including phenoxy) is 1. The van der Waals surface area contributed by atoms with Gasteiger partial charge in [0.1, 0.15) is 12.1 Å². The molecule has 6 nitrogen and oxygen atoms in total. The zero-order valence-corrected chi connectivity index (χ0v) is 22.9. The molecule has 208 valence electrons. The van der Waals surface area contributed by atoms with E-state index in [4.69, 9.17) is 4.74 Å². The van der Waals surface area contributed by atoms with Crippen molar-refractivity contribution in [3.8, 4) is 0 Å². The molecule has 4 fully saturated rings. The monoisotopic (exact) mass is 529 g/mol. The third kappa shape index (κ3) is 4.04. The Balaban J connectivity index is 1.22. The molecule has 6 rings (SSSR count). The topological polar surface area (TPSA) is 77.2 Å². The van der Waals surface area contributed by atoms with Gasteiger partial charge in [0.05, 0.1) is 5.60 Å². The molecule has 0 amide bonds. The van der Waals surface area contributed by atoms with Crippen LogP contribution in [0.4, 0.5) is 8.78 Å². The van der Waals surface area contributed by atoms with Crippen molar-refractivity contribution in [3.63, 3.8) is 0 Å². The van der Waals surface area contributed by atoms with Gasteiger partial charge < -0.3 is 9.84 Å². The van der Waals surface area contributed by atoms with Gasteiger partial charge in [0.25, 0.3) is 0 Å². The van der Waals surface area contributed by atoms with E-state index in [1.807, 2.05) is 6.92 Å². The van der Waals surface area contributed by atoms with Crippen LogP contribution in [0.3, 0.4) is 0 Å². The lowest BCUT2D eigenvalue weighted by Gasteiger charge is -2.63. The van der Waals surface area contributed by atoms with E-state index in [2.05, 4.69) is 17.1 Å². The molecule has 0 radical (unpaired) electrons. The van der Waals surface area contributed by atoms with Gasteiger partial charge in [-0.2, -0.15) is 9.90 Å². The van der Waals surface area contributed by atoms with Crippen LogP contribution < -0.4 is 0 Å². The summed E-state index contributed by atoms with van der Waals surface area (Å²) in [5.41, 5.74) is -0.265. The maximum absolute atomic E-state index is 14.2. The average Bonchev–Trinajstić information content (AvgIpc) is 3.45. The second-order valence-corrected chi connectivity index (χ2v) is 13.4. The summed E-state index contributed by atoms with van der Waals surface area (Å²) in [5, 5.41) is 19.3. The smallest absolute Gasteiger partial charge is 0.188 e. The van der Waals surface area contributed by atoms with Crippen molar-refractivity contribution in [2.75, 3.05) is 13.7 Å². The van der Waals surface area contributed by atoms with Gasteiger partial charge in [0, 0.05) is 19.6 Å². The molecule has 2 aromatic rings. The minimum atomic E-state index is -1.02. The quantitative estimate of drug-likeness (QED) is 0.519. The van der Waals surface area contributed by atoms with Crippen LogP contribution in [0.1, 0.15) is 78.1 Å². The molecule has 1 N–H and O–H groups in total. The molecule has 1 heterocycles. The fourth-order valence-corrected chi connectivity index (χ4v) is 9.84. The molecular weight excluding hydrogens is 488 g/mol. The second kappa shape index (κ2) is 9.33. The highest BCUT2D eigenvalue weighted by Gasteiger charge is 2.62. The summed E-state index contributed by atoms with van der Waals surface area (Å²) >= 11 is 0. The van der Waals surface area contributed by atoms with Crippen LogP contribution >= 0.6 is 0 Å². The molecule has 0 bridgehead atoms. The maximum atomic E-state index is 14.2. The highest BCUT2D eigenvalue weighted by Crippen LogP contribution is 2.69. The first-order valence-electron chi connectivity index (χ1n) is 14.5. The number of benzene rings is 1. The number of carbonyl (C=O) groups is 1. The van der Waals surface area contributed by atoms with Crippen molar-refractivity contribution in [2.45, 2.75) is 90.2 Å². The number of nitrogens with zero attached hydrogens (tertiary/aromatic N) is 3. The van der Waals surface area contributed by atoms with Crippen LogP contribution in [-0.2, 0) is 16.1 Å². The molecule has 4 aliphatic carbocycles. The Morgan fingerprint density at radius 2 is 1.89 bits per heavy atom. The van der Waals surface area contributed by atoms with Gasteiger partial charge in [-0.15, -0.1) is 5.10 Å². The Morgan fingerprint density at radius 3 is 2.68 bits per heavy atom. The van der Waals surface area contributed by atoms with Crippen LogP contribution in [0.25, 0.3) is 11.0 Å². The van der Waals surface area contributed by atoms with Crippen molar-refractivity contribution >= 4 is 16.8 Å². The van der Waals surface area contributed by atoms with E-state index < -0.39 is 17.2 Å². The summed E-state index contributed by atoms with van der Waals surface area (Å²) in [6, 6.07) is 2.44. The number of methoxy groups -OCH3 is 1. The van der Waals surface area contributed by atoms with Gasteiger partial charge in [-0.25, -0.2) is 8.78 Å². The molecule has 1 aromatic carbocycles. The second-order valence-electron chi connectivity index (χ2n) is 13.4. The summed E-state index contributed by atoms with van der Waals surface area (Å²) in [7, 11) is 1.79. The van der Waals surface area contributed by atoms with Gasteiger partial charge in [-0.1, -0.05) is 6.92 Å². The maximum Gasteiger partial charge on any atom is 0.188 e. The van der Waals surface area contributed by atoms with Crippen molar-refractivity contribution in [2.24, 2.45) is 40.4 Å². The zero-order chi connectivity index (χ0) is 26.9. The first-order valence-corrected chi connectivity index (χ1v) is 14.5. The number of Topliss-reactive ketones (excluding diaryl/α,β-unsaturated/α-hetero) is 1. The normalized spacial score (nSPS) is 40.5. The molecule has 4 aliphatic rings. The predicted molar refractivity (Wildman–Crippen MR) is 139 cm³/mol. The van der Waals surface area contributed by atoms with Crippen LogP contribution in [0.5, 0.6) is 0 Å². The number of aromatic nitrogens is 3. The minimum Gasteiger partial charge on any atom is -0.390 e. The highest BCUT2D eigenvalue weighted by molar-refractivity contribution is 5.82. The van der Waals surface area contributed by atoms with Crippen molar-refractivity contribution in [3.05, 3.63) is 23.8 Å². The van der Waals surface area contributed by atoms with Gasteiger partial charge in [0.2, 0.25) is 0 Å². The van der Waals surface area contributed by atoms with E-state index in [-0.39, 0.29) is 40.1 Å². The van der Waals surface area contributed by atoms with E-state index >= 15 is 0 Å². The number of rotatable bonds is 6. The molecule has 38 heavy (non-hydrogen) atoms. The van der Waals surface area contributed by atoms with Gasteiger partial charge in [-0.05, 0) is 118 Å². The van der Waals surface area contributed by atoms with Crippen molar-refractivity contribution in [1.82, 2.24) is 15.0 Å². The standard InChI is InChI=1S/C30H41F2N3O3/c1-28(37)12-13-30(14-15-38-3)18(16-28)4-5-19-20-6-7-22(29(20,2)11-10-21(19)30)25(36)17-35-33-24-9-8-23(31)26(32)27(24)34-35/h8-9,18-22,37H,4-7,10-17H2,1-3H3/t18-,19+,20+,21+,22-,28-,29+,30-/m1/s1. The molecule has 0 aliphatic heterocycles. The average molecular weight is 530 g/mol. The molecule has 4 saturated carbocycles. The lowest BCUT2D eigenvalue weighted by molar-refractivity contribution is -0.163. The molecule has 0 spiro atoms. The van der Waals surface area contributed by atoms with E-state index in [1.165, 1.54) is 17.3 Å². The Labute approximate surface area is 223 Å². The number of halogens is 2. The predicted octanol–water partition coefficient (Wildman–Crippen LogP) is 5.71. The summed E-state index contributed by atoms with van der Waals surface area (Å²) in [6.45, 7) is 5.09. The summed E-state index contributed by atoms with van der Waals surface area (Å²) < 4.78 is 33.4. The summed E-state index contributed by atoms with van der Waals surface area (Å²) in [6.07, 6.45) is 10.3. The number of hydrogen-bond donors (Lipinski definition) is 1. The lowest BCUT2D eigenvalue weighted by Crippen LogP contribution is -2.57. The first kappa shape index (κ1) is 26.3. The highest BCUT2D eigenvalue weighted by atomic mass is 19.2. The van der Waals surface area contributed by atoms with E-state index in [9.17, 15) is 18.7 Å². The fraction of sp³-hybridized carbons (Fsp3) is 0.767. The first-order chi connectivity index (χ1) is 18.1. The van der Waals surface area contributed by atoms with E-state index in [0.717, 1.165) is 70.5 Å². The van der Waals surface area contributed by atoms with Crippen LogP contribution in [0.2, 0.25) is 0 Å². The van der Waals surface area contributed by atoms with Crippen LogP contribution in [-0.4, -0.2) is 45.2 Å². The zero-order valence-electron chi connectivity index (χ0n) is 22.9. The van der Waals surface area contributed by atoms with Gasteiger partial charge in [0.15, 0.2) is 22.9 Å². The number of hydrogen-bond acceptors (Lipinski definition) is 5. The summed E-state index contributed by atoms with van der Waals surface area (Å²) in [4.78, 5) is 14.9. The minimum absolute atomic E-state index is 0.00819. The third-order valence-electron chi connectivity index (χ3n) is 11.6. The Morgan fingerprint density at radius 1 is 1.08 bits per heavy atom.